The molecule has 0 aliphatic carbocycles. The highest BCUT2D eigenvalue weighted by molar-refractivity contribution is 5.97. The second kappa shape index (κ2) is 6.01. The van der Waals surface area contributed by atoms with E-state index in [1.807, 2.05) is 24.3 Å². The van der Waals surface area contributed by atoms with Gasteiger partial charge in [-0.1, -0.05) is 36.9 Å². The Hall–Kier alpha value is -1.70. The van der Waals surface area contributed by atoms with Gasteiger partial charge in [0.2, 0.25) is 0 Å². The van der Waals surface area contributed by atoms with Crippen LogP contribution in [0.15, 0.2) is 30.8 Å². The summed E-state index contributed by atoms with van der Waals surface area (Å²) in [5.74, 6) is -0.0488. The number of hydrogen-bond acceptors (Lipinski definition) is 2. The van der Waals surface area contributed by atoms with Crippen LogP contribution in [0.5, 0.6) is 0 Å². The number of rotatable bonds is 6. The maximum Gasteiger partial charge on any atom is 0.140 e. The standard InChI is InChI=1S/C14H16O2/c1-3-12-4-6-13(7-5-12)8-9-14(16)10-11(2)15/h3-7H,1,8-10H2,2H3. The van der Waals surface area contributed by atoms with Crippen molar-refractivity contribution in [3.8, 4) is 0 Å². The lowest BCUT2D eigenvalue weighted by Crippen LogP contribution is -2.05. The smallest absolute Gasteiger partial charge is 0.140 e. The van der Waals surface area contributed by atoms with E-state index in [9.17, 15) is 9.59 Å². The SMILES string of the molecule is C=Cc1ccc(CCC(=O)CC(C)=O)cc1. The average Bonchev–Trinajstić information content (AvgIpc) is 2.26. The summed E-state index contributed by atoms with van der Waals surface area (Å²) in [6.45, 7) is 5.12. The highest BCUT2D eigenvalue weighted by atomic mass is 16.1. The van der Waals surface area contributed by atoms with Crippen LogP contribution in [0.4, 0.5) is 0 Å². The summed E-state index contributed by atoms with van der Waals surface area (Å²) in [6.07, 6.45) is 2.98. The average molecular weight is 216 g/mol. The molecule has 0 saturated heterocycles. The Balaban J connectivity index is 2.45. The normalized spacial score (nSPS) is 9.81. The van der Waals surface area contributed by atoms with Crippen molar-refractivity contribution in [3.05, 3.63) is 42.0 Å². The van der Waals surface area contributed by atoms with E-state index in [1.165, 1.54) is 6.92 Å². The van der Waals surface area contributed by atoms with Gasteiger partial charge in [-0.15, -0.1) is 0 Å². The van der Waals surface area contributed by atoms with Gasteiger partial charge in [0, 0.05) is 6.42 Å². The minimum Gasteiger partial charge on any atom is -0.300 e. The van der Waals surface area contributed by atoms with Gasteiger partial charge in [0.05, 0.1) is 6.42 Å². The molecule has 0 bridgehead atoms. The largest absolute Gasteiger partial charge is 0.300 e. The Kier molecular flexibility index (Phi) is 4.65. The molecule has 84 valence electrons. The molecule has 0 unspecified atom stereocenters. The van der Waals surface area contributed by atoms with Crippen molar-refractivity contribution in [3.63, 3.8) is 0 Å². The van der Waals surface area contributed by atoms with E-state index in [2.05, 4.69) is 6.58 Å². The van der Waals surface area contributed by atoms with Crippen LogP contribution < -0.4 is 0 Å². The van der Waals surface area contributed by atoms with E-state index >= 15 is 0 Å². The van der Waals surface area contributed by atoms with Crippen molar-refractivity contribution >= 4 is 17.6 Å². The number of carbonyl (C=O) groups excluding carboxylic acids is 2. The third-order valence-electron chi connectivity index (χ3n) is 2.35. The van der Waals surface area contributed by atoms with Crippen LogP contribution in [0.3, 0.4) is 0 Å². The molecule has 0 atom stereocenters. The number of Topliss-reactive ketones (excluding diaryl/α,β-unsaturated/α-hetero) is 2. The fraction of sp³-hybridized carbons (Fsp3) is 0.286. The molecule has 0 heterocycles. The predicted molar refractivity (Wildman–Crippen MR) is 65.2 cm³/mol. The van der Waals surface area contributed by atoms with Crippen molar-refractivity contribution in [2.24, 2.45) is 0 Å². The summed E-state index contributed by atoms with van der Waals surface area (Å²) >= 11 is 0. The monoisotopic (exact) mass is 216 g/mol. The topological polar surface area (TPSA) is 34.1 Å². The molecule has 0 radical (unpaired) electrons. The molecule has 1 rings (SSSR count). The highest BCUT2D eigenvalue weighted by Crippen LogP contribution is 2.08. The Morgan fingerprint density at radius 3 is 2.38 bits per heavy atom. The number of hydrogen-bond donors (Lipinski definition) is 0. The molecular weight excluding hydrogens is 200 g/mol. The van der Waals surface area contributed by atoms with Gasteiger partial charge < -0.3 is 0 Å². The molecule has 16 heavy (non-hydrogen) atoms. The second-order valence-corrected chi connectivity index (χ2v) is 3.86. The number of benzene rings is 1. The van der Waals surface area contributed by atoms with E-state index in [0.29, 0.717) is 12.8 Å². The van der Waals surface area contributed by atoms with Gasteiger partial charge in [0.25, 0.3) is 0 Å². The lowest BCUT2D eigenvalue weighted by molar-refractivity contribution is -0.125. The van der Waals surface area contributed by atoms with E-state index < -0.39 is 0 Å². The quantitative estimate of drug-likeness (QED) is 0.685. The Morgan fingerprint density at radius 1 is 1.25 bits per heavy atom. The zero-order chi connectivity index (χ0) is 12.0. The van der Waals surface area contributed by atoms with Crippen LogP contribution in [-0.2, 0) is 16.0 Å². The number of carbonyl (C=O) groups is 2. The maximum atomic E-state index is 11.3. The van der Waals surface area contributed by atoms with Crippen molar-refractivity contribution in [1.29, 1.82) is 0 Å². The zero-order valence-electron chi connectivity index (χ0n) is 9.53. The summed E-state index contributed by atoms with van der Waals surface area (Å²) < 4.78 is 0. The lowest BCUT2D eigenvalue weighted by Gasteiger charge is -2.01. The Morgan fingerprint density at radius 2 is 1.88 bits per heavy atom. The molecule has 0 aliphatic heterocycles. The van der Waals surface area contributed by atoms with Gasteiger partial charge in [0.1, 0.15) is 11.6 Å². The van der Waals surface area contributed by atoms with Crippen molar-refractivity contribution in [2.45, 2.75) is 26.2 Å². The molecule has 1 aromatic carbocycles. The van der Waals surface area contributed by atoms with Crippen molar-refractivity contribution in [1.82, 2.24) is 0 Å². The molecular formula is C14H16O2. The third-order valence-corrected chi connectivity index (χ3v) is 2.35. The molecule has 2 heteroatoms. The second-order valence-electron chi connectivity index (χ2n) is 3.86. The van der Waals surface area contributed by atoms with Gasteiger partial charge in [-0.05, 0) is 24.5 Å². The molecule has 0 aromatic heterocycles. The molecule has 0 spiro atoms. The highest BCUT2D eigenvalue weighted by Gasteiger charge is 2.05. The molecule has 0 amide bonds. The summed E-state index contributed by atoms with van der Waals surface area (Å²) in [7, 11) is 0. The fourth-order valence-electron chi connectivity index (χ4n) is 1.47. The first-order valence-corrected chi connectivity index (χ1v) is 5.34. The summed E-state index contributed by atoms with van der Waals surface area (Å²) in [5, 5.41) is 0. The predicted octanol–water partition coefficient (Wildman–Crippen LogP) is 2.81. The van der Waals surface area contributed by atoms with Crippen LogP contribution in [0, 0.1) is 0 Å². The Bertz CT molecular complexity index is 388. The first-order chi connectivity index (χ1) is 7.61. The minimum absolute atomic E-state index is 0.0142. The molecule has 2 nitrogen and oxygen atoms in total. The zero-order valence-corrected chi connectivity index (χ0v) is 9.53. The van der Waals surface area contributed by atoms with Gasteiger partial charge in [0.15, 0.2) is 0 Å². The van der Waals surface area contributed by atoms with E-state index in [-0.39, 0.29) is 18.0 Å². The van der Waals surface area contributed by atoms with Gasteiger partial charge in [-0.3, -0.25) is 9.59 Å². The molecule has 1 aromatic rings. The number of aryl methyl sites for hydroxylation is 1. The van der Waals surface area contributed by atoms with Crippen molar-refractivity contribution in [2.75, 3.05) is 0 Å². The Labute approximate surface area is 96.0 Å². The van der Waals surface area contributed by atoms with Crippen LogP contribution in [0.1, 0.15) is 30.9 Å². The molecule has 0 aliphatic rings. The molecule has 0 fully saturated rings. The van der Waals surface area contributed by atoms with Gasteiger partial charge in [-0.25, -0.2) is 0 Å². The van der Waals surface area contributed by atoms with Gasteiger partial charge >= 0.3 is 0 Å². The fourth-order valence-corrected chi connectivity index (χ4v) is 1.47. The number of ketones is 2. The van der Waals surface area contributed by atoms with Crippen LogP contribution >= 0.6 is 0 Å². The van der Waals surface area contributed by atoms with E-state index in [0.717, 1.165) is 11.1 Å². The molecule has 0 saturated carbocycles. The van der Waals surface area contributed by atoms with Crippen LogP contribution in [0.25, 0.3) is 6.08 Å². The molecule has 0 N–H and O–H groups in total. The van der Waals surface area contributed by atoms with Crippen LogP contribution in [-0.4, -0.2) is 11.6 Å². The maximum absolute atomic E-state index is 11.3. The lowest BCUT2D eigenvalue weighted by atomic mass is 10.0. The summed E-state index contributed by atoms with van der Waals surface area (Å²) in [5.41, 5.74) is 2.18. The first-order valence-electron chi connectivity index (χ1n) is 5.34. The first kappa shape index (κ1) is 12.4. The van der Waals surface area contributed by atoms with Crippen LogP contribution in [0.2, 0.25) is 0 Å². The van der Waals surface area contributed by atoms with E-state index in [1.54, 1.807) is 6.08 Å². The minimum atomic E-state index is -0.0630. The van der Waals surface area contributed by atoms with Gasteiger partial charge in [-0.2, -0.15) is 0 Å². The summed E-state index contributed by atoms with van der Waals surface area (Å²) in [6, 6.07) is 7.91. The van der Waals surface area contributed by atoms with E-state index in [4.69, 9.17) is 0 Å². The third kappa shape index (κ3) is 4.22. The summed E-state index contributed by atoms with van der Waals surface area (Å²) in [4.78, 5) is 22.0. The van der Waals surface area contributed by atoms with Crippen molar-refractivity contribution < 1.29 is 9.59 Å².